The summed E-state index contributed by atoms with van der Waals surface area (Å²) in [7, 11) is 0. The molecule has 0 aliphatic rings. The van der Waals surface area contributed by atoms with Crippen LogP contribution in [-0.2, 0) is 17.9 Å². The number of likely N-dealkylation sites (N-methyl/N-ethyl adjacent to an activating group) is 1. The Morgan fingerprint density at radius 1 is 1.19 bits per heavy atom. The van der Waals surface area contributed by atoms with Crippen molar-refractivity contribution in [3.05, 3.63) is 51.5 Å². The second kappa shape index (κ2) is 10.7. The molecule has 2 aromatic rings. The smallest absolute Gasteiger partial charge is 0.244 e. The number of hydrogen-bond donors (Lipinski definition) is 2. The van der Waals surface area contributed by atoms with E-state index in [2.05, 4.69) is 20.6 Å². The van der Waals surface area contributed by atoms with Crippen molar-refractivity contribution >= 4 is 23.2 Å². The maximum atomic E-state index is 12.6. The topological polar surface area (TPSA) is 69.6 Å². The molecule has 0 radical (unpaired) electrons. The Hall–Kier alpha value is -2.41. The summed E-state index contributed by atoms with van der Waals surface area (Å²) < 4.78 is 0. The second-order valence-electron chi connectivity index (χ2n) is 6.18. The minimum absolute atomic E-state index is 0.0170. The molecular formula is C20H29N5OS. The highest BCUT2D eigenvalue weighted by Gasteiger charge is 2.12. The van der Waals surface area contributed by atoms with Gasteiger partial charge >= 0.3 is 0 Å². The maximum Gasteiger partial charge on any atom is 0.244 e. The number of rotatable bonds is 8. The van der Waals surface area contributed by atoms with Crippen LogP contribution in [0.15, 0.2) is 35.3 Å². The van der Waals surface area contributed by atoms with Crippen molar-refractivity contribution in [1.82, 2.24) is 20.5 Å². The lowest BCUT2D eigenvalue weighted by Crippen LogP contribution is -2.38. The summed E-state index contributed by atoms with van der Waals surface area (Å²) in [6.07, 6.45) is 0. The first-order valence-electron chi connectivity index (χ1n) is 9.30. The third-order valence-electron chi connectivity index (χ3n) is 4.08. The van der Waals surface area contributed by atoms with Crippen LogP contribution in [0.2, 0.25) is 0 Å². The summed E-state index contributed by atoms with van der Waals surface area (Å²) in [4.78, 5) is 24.5. The number of guanidine groups is 1. The number of thiazole rings is 1. The van der Waals surface area contributed by atoms with Gasteiger partial charge in [0.15, 0.2) is 5.96 Å². The van der Waals surface area contributed by atoms with Crippen molar-refractivity contribution in [2.45, 2.75) is 40.8 Å². The number of nitrogens with one attached hydrogen (secondary N) is 2. The molecule has 1 aromatic heterocycles. The van der Waals surface area contributed by atoms with Gasteiger partial charge in [-0.1, -0.05) is 30.3 Å². The number of aliphatic imine (C=N–C) groups is 1. The monoisotopic (exact) mass is 387 g/mol. The number of amides is 1. The number of carbonyl (C=O) groups is 1. The van der Waals surface area contributed by atoms with Gasteiger partial charge in [-0.2, -0.15) is 0 Å². The molecule has 1 amide bonds. The summed E-state index contributed by atoms with van der Waals surface area (Å²) in [5.74, 6) is 0.662. The van der Waals surface area contributed by atoms with E-state index in [4.69, 9.17) is 0 Å². The SMILES string of the molecule is CCNC(=NCC(=O)N(CC)Cc1ccccc1)NCc1sc(C)nc1C. The van der Waals surface area contributed by atoms with Crippen molar-refractivity contribution in [3.8, 4) is 0 Å². The minimum atomic E-state index is 0.0170. The van der Waals surface area contributed by atoms with Crippen molar-refractivity contribution < 1.29 is 4.79 Å². The molecule has 2 rings (SSSR count). The normalized spacial score (nSPS) is 11.3. The summed E-state index contributed by atoms with van der Waals surface area (Å²) in [6, 6.07) is 10.0. The first-order valence-corrected chi connectivity index (χ1v) is 10.1. The molecule has 1 aromatic carbocycles. The Labute approximate surface area is 165 Å². The predicted molar refractivity (Wildman–Crippen MR) is 112 cm³/mol. The number of benzene rings is 1. The number of carbonyl (C=O) groups excluding carboxylic acids is 1. The van der Waals surface area contributed by atoms with Gasteiger partial charge in [0.2, 0.25) is 5.91 Å². The van der Waals surface area contributed by atoms with Crippen LogP contribution in [0.5, 0.6) is 0 Å². The minimum Gasteiger partial charge on any atom is -0.357 e. The largest absolute Gasteiger partial charge is 0.357 e. The molecule has 0 saturated heterocycles. The number of hydrogen-bond acceptors (Lipinski definition) is 4. The van der Waals surface area contributed by atoms with Crippen LogP contribution in [0.4, 0.5) is 0 Å². The maximum absolute atomic E-state index is 12.6. The molecule has 2 N–H and O–H groups in total. The average molecular weight is 388 g/mol. The predicted octanol–water partition coefficient (Wildman–Crippen LogP) is 2.86. The first-order chi connectivity index (χ1) is 13.0. The standard InChI is InChI=1S/C20H29N5OS/c1-5-21-20(22-12-18-15(3)24-16(4)27-18)23-13-19(26)25(6-2)14-17-10-8-7-9-11-17/h7-11H,5-6,12-14H2,1-4H3,(H2,21,22,23). The van der Waals surface area contributed by atoms with Gasteiger partial charge < -0.3 is 15.5 Å². The molecule has 0 aliphatic carbocycles. The Balaban J connectivity index is 1.95. The van der Waals surface area contributed by atoms with E-state index in [1.54, 1.807) is 11.3 Å². The van der Waals surface area contributed by atoms with Crippen molar-refractivity contribution in [2.24, 2.45) is 4.99 Å². The molecule has 0 unspecified atom stereocenters. The fraction of sp³-hybridized carbons (Fsp3) is 0.450. The van der Waals surface area contributed by atoms with Gasteiger partial charge in [-0.3, -0.25) is 4.79 Å². The summed E-state index contributed by atoms with van der Waals surface area (Å²) in [6.45, 7) is 10.8. The van der Waals surface area contributed by atoms with Crippen molar-refractivity contribution in [2.75, 3.05) is 19.6 Å². The van der Waals surface area contributed by atoms with Crippen LogP contribution in [-0.4, -0.2) is 41.4 Å². The van der Waals surface area contributed by atoms with E-state index < -0.39 is 0 Å². The lowest BCUT2D eigenvalue weighted by molar-refractivity contribution is -0.130. The van der Waals surface area contributed by atoms with Gasteiger partial charge in [0, 0.05) is 24.5 Å². The van der Waals surface area contributed by atoms with E-state index in [1.165, 1.54) is 4.88 Å². The Morgan fingerprint density at radius 3 is 2.52 bits per heavy atom. The fourth-order valence-corrected chi connectivity index (χ4v) is 3.55. The number of aryl methyl sites for hydroxylation is 2. The van der Waals surface area contributed by atoms with Crippen LogP contribution >= 0.6 is 11.3 Å². The molecule has 0 aliphatic heterocycles. The molecular weight excluding hydrogens is 358 g/mol. The lowest BCUT2D eigenvalue weighted by atomic mass is 10.2. The van der Waals surface area contributed by atoms with E-state index in [0.717, 1.165) is 22.8 Å². The van der Waals surface area contributed by atoms with Gasteiger partial charge in [0.1, 0.15) is 6.54 Å². The van der Waals surface area contributed by atoms with Crippen molar-refractivity contribution in [1.29, 1.82) is 0 Å². The molecule has 0 atom stereocenters. The van der Waals surface area contributed by atoms with E-state index >= 15 is 0 Å². The quantitative estimate of drug-likeness (QED) is 0.540. The van der Waals surface area contributed by atoms with Gasteiger partial charge in [0.25, 0.3) is 0 Å². The molecule has 0 spiro atoms. The van der Waals surface area contributed by atoms with Gasteiger partial charge in [-0.15, -0.1) is 11.3 Å². The molecule has 6 nitrogen and oxygen atoms in total. The number of aromatic nitrogens is 1. The fourth-order valence-electron chi connectivity index (χ4n) is 2.67. The Bertz CT molecular complexity index is 757. The van der Waals surface area contributed by atoms with Gasteiger partial charge in [0.05, 0.1) is 17.2 Å². The zero-order chi connectivity index (χ0) is 19.6. The first kappa shape index (κ1) is 20.9. The molecule has 146 valence electrons. The average Bonchev–Trinajstić information content (AvgIpc) is 2.99. The zero-order valence-electron chi connectivity index (χ0n) is 16.6. The van der Waals surface area contributed by atoms with Gasteiger partial charge in [-0.05, 0) is 33.3 Å². The highest BCUT2D eigenvalue weighted by Crippen LogP contribution is 2.16. The Kier molecular flexibility index (Phi) is 8.26. The van der Waals surface area contributed by atoms with Crippen LogP contribution in [0.3, 0.4) is 0 Å². The third kappa shape index (κ3) is 6.67. The summed E-state index contributed by atoms with van der Waals surface area (Å²) >= 11 is 1.68. The molecule has 0 saturated carbocycles. The number of nitrogens with zero attached hydrogens (tertiary/aromatic N) is 3. The van der Waals surface area contributed by atoms with E-state index in [9.17, 15) is 4.79 Å². The molecule has 0 fully saturated rings. The third-order valence-corrected chi connectivity index (χ3v) is 5.16. The van der Waals surface area contributed by atoms with Gasteiger partial charge in [-0.25, -0.2) is 9.98 Å². The highest BCUT2D eigenvalue weighted by molar-refractivity contribution is 7.11. The van der Waals surface area contributed by atoms with E-state index in [1.807, 2.05) is 62.9 Å². The van der Waals surface area contributed by atoms with Crippen LogP contribution in [0.1, 0.15) is 35.0 Å². The highest BCUT2D eigenvalue weighted by atomic mass is 32.1. The van der Waals surface area contributed by atoms with Crippen LogP contribution in [0, 0.1) is 13.8 Å². The Morgan fingerprint density at radius 2 is 1.93 bits per heavy atom. The van der Waals surface area contributed by atoms with Crippen molar-refractivity contribution in [3.63, 3.8) is 0 Å². The van der Waals surface area contributed by atoms with E-state index in [-0.39, 0.29) is 12.5 Å². The summed E-state index contributed by atoms with van der Waals surface area (Å²) in [5.41, 5.74) is 2.16. The molecule has 1 heterocycles. The van der Waals surface area contributed by atoms with Crippen LogP contribution < -0.4 is 10.6 Å². The zero-order valence-corrected chi connectivity index (χ0v) is 17.4. The molecule has 7 heteroatoms. The van der Waals surface area contributed by atoms with Crippen LogP contribution in [0.25, 0.3) is 0 Å². The lowest BCUT2D eigenvalue weighted by Gasteiger charge is -2.20. The summed E-state index contributed by atoms with van der Waals surface area (Å²) in [5, 5.41) is 7.54. The molecule has 27 heavy (non-hydrogen) atoms. The molecule has 0 bridgehead atoms. The van der Waals surface area contributed by atoms with E-state index in [0.29, 0.717) is 25.6 Å². The second-order valence-corrected chi connectivity index (χ2v) is 7.47.